The monoisotopic (exact) mass is 476 g/mol. The van der Waals surface area contributed by atoms with E-state index in [1.54, 1.807) is 18.2 Å². The highest BCUT2D eigenvalue weighted by atomic mass is 32.1. The highest BCUT2D eigenvalue weighted by Crippen LogP contribution is 2.19. The number of hydrogen-bond donors (Lipinski definition) is 2. The fraction of sp³-hybridized carbons (Fsp3) is 0.333. The number of nitrogens with zero attached hydrogens (tertiary/aromatic N) is 2. The van der Waals surface area contributed by atoms with E-state index in [1.165, 1.54) is 22.6 Å². The number of rotatable bonds is 9. The fourth-order valence-corrected chi connectivity index (χ4v) is 4.81. The average molecular weight is 477 g/mol. The molecule has 7 heteroatoms. The largest absolute Gasteiger partial charge is 0.369 e. The molecule has 0 radical (unpaired) electrons. The quantitative estimate of drug-likeness (QED) is 0.442. The summed E-state index contributed by atoms with van der Waals surface area (Å²) in [6.07, 6.45) is 1.97. The zero-order chi connectivity index (χ0) is 23.8. The molecule has 1 saturated heterocycles. The van der Waals surface area contributed by atoms with Gasteiger partial charge in [0, 0.05) is 38.4 Å². The van der Waals surface area contributed by atoms with E-state index in [0.29, 0.717) is 22.7 Å². The number of carbonyl (C=O) groups excluding carboxylic acids is 2. The predicted molar refractivity (Wildman–Crippen MR) is 140 cm³/mol. The summed E-state index contributed by atoms with van der Waals surface area (Å²) in [5, 5.41) is 7.72. The van der Waals surface area contributed by atoms with Crippen LogP contribution in [0.4, 0.5) is 11.4 Å². The minimum atomic E-state index is -0.197. The first kappa shape index (κ1) is 24.0. The lowest BCUT2D eigenvalue weighted by Gasteiger charge is -2.36. The van der Waals surface area contributed by atoms with Gasteiger partial charge in [-0.05, 0) is 67.6 Å². The molecule has 1 aliphatic rings. The number of nitrogens with one attached hydrogen (secondary N) is 2. The van der Waals surface area contributed by atoms with Crippen LogP contribution < -0.4 is 15.5 Å². The highest BCUT2D eigenvalue weighted by Gasteiger charge is 2.17. The van der Waals surface area contributed by atoms with E-state index in [9.17, 15) is 9.59 Å². The molecule has 0 spiro atoms. The molecule has 34 heavy (non-hydrogen) atoms. The maximum atomic E-state index is 12.7. The molecule has 2 aromatic carbocycles. The number of para-hydroxylation sites is 1. The van der Waals surface area contributed by atoms with Crippen molar-refractivity contribution in [1.82, 2.24) is 10.2 Å². The molecule has 0 aliphatic carbocycles. The number of aryl methyl sites for hydroxylation is 1. The number of unbranched alkanes of at least 4 members (excludes halogenated alkanes) is 1. The number of piperazine rings is 1. The van der Waals surface area contributed by atoms with Crippen molar-refractivity contribution in [2.75, 3.05) is 49.5 Å². The second-order valence-electron chi connectivity index (χ2n) is 8.61. The summed E-state index contributed by atoms with van der Waals surface area (Å²) in [5.41, 5.74) is 3.63. The lowest BCUT2D eigenvalue weighted by Crippen LogP contribution is -2.46. The standard InChI is InChI=1S/C27H32N4O2S/c1-21-8-6-9-22(20-21)31-17-15-30(16-18-31)14-5-4-13-28-26(32)23-10-2-3-11-24(23)29-27(33)25-12-7-19-34-25/h2-3,6-12,19-20H,4-5,13-18H2,1H3,(H,28,32)(H,29,33). The van der Waals surface area contributed by atoms with E-state index in [2.05, 4.69) is 51.6 Å². The second kappa shape index (κ2) is 11.8. The van der Waals surface area contributed by atoms with Gasteiger partial charge in [0.1, 0.15) is 0 Å². The van der Waals surface area contributed by atoms with Crippen LogP contribution in [0.5, 0.6) is 0 Å². The Morgan fingerprint density at radius 1 is 0.912 bits per heavy atom. The van der Waals surface area contributed by atoms with Gasteiger partial charge in [-0.2, -0.15) is 0 Å². The van der Waals surface area contributed by atoms with E-state index in [4.69, 9.17) is 0 Å². The van der Waals surface area contributed by atoms with Gasteiger partial charge >= 0.3 is 0 Å². The summed E-state index contributed by atoms with van der Waals surface area (Å²) in [5.74, 6) is -0.355. The third-order valence-electron chi connectivity index (χ3n) is 6.09. The molecule has 2 N–H and O–H groups in total. The molecule has 1 fully saturated rings. The van der Waals surface area contributed by atoms with E-state index in [1.807, 2.05) is 23.6 Å². The molecular formula is C27H32N4O2S. The van der Waals surface area contributed by atoms with Crippen LogP contribution in [-0.4, -0.2) is 56.0 Å². The Bertz CT molecular complexity index is 1090. The molecule has 0 unspecified atom stereocenters. The molecule has 2 amide bonds. The zero-order valence-electron chi connectivity index (χ0n) is 19.6. The van der Waals surface area contributed by atoms with Crippen molar-refractivity contribution in [1.29, 1.82) is 0 Å². The summed E-state index contributed by atoms with van der Waals surface area (Å²) in [6.45, 7) is 8.04. The van der Waals surface area contributed by atoms with Gasteiger partial charge in [0.25, 0.3) is 11.8 Å². The van der Waals surface area contributed by atoms with Crippen LogP contribution >= 0.6 is 11.3 Å². The smallest absolute Gasteiger partial charge is 0.265 e. The topological polar surface area (TPSA) is 64.7 Å². The normalized spacial score (nSPS) is 14.1. The summed E-state index contributed by atoms with van der Waals surface area (Å²) in [6, 6.07) is 19.4. The maximum Gasteiger partial charge on any atom is 0.265 e. The minimum absolute atomic E-state index is 0.158. The van der Waals surface area contributed by atoms with E-state index < -0.39 is 0 Å². The molecule has 0 bridgehead atoms. The molecule has 178 valence electrons. The Hall–Kier alpha value is -3.16. The maximum absolute atomic E-state index is 12.7. The van der Waals surface area contributed by atoms with Crippen LogP contribution in [-0.2, 0) is 0 Å². The Morgan fingerprint density at radius 2 is 1.74 bits per heavy atom. The molecule has 6 nitrogen and oxygen atoms in total. The van der Waals surface area contributed by atoms with Crippen molar-refractivity contribution in [2.24, 2.45) is 0 Å². The van der Waals surface area contributed by atoms with Crippen molar-refractivity contribution >= 4 is 34.5 Å². The Balaban J connectivity index is 1.17. The molecule has 1 aliphatic heterocycles. The number of hydrogen-bond acceptors (Lipinski definition) is 5. The predicted octanol–water partition coefficient (Wildman–Crippen LogP) is 4.64. The van der Waals surface area contributed by atoms with Crippen molar-refractivity contribution in [2.45, 2.75) is 19.8 Å². The first-order valence-corrected chi connectivity index (χ1v) is 12.7. The van der Waals surface area contributed by atoms with E-state index >= 15 is 0 Å². The first-order chi connectivity index (χ1) is 16.6. The summed E-state index contributed by atoms with van der Waals surface area (Å²) < 4.78 is 0. The number of benzene rings is 2. The zero-order valence-corrected chi connectivity index (χ0v) is 20.4. The van der Waals surface area contributed by atoms with Crippen LogP contribution in [0.1, 0.15) is 38.4 Å². The van der Waals surface area contributed by atoms with Crippen LogP contribution in [0, 0.1) is 6.92 Å². The lowest BCUT2D eigenvalue weighted by molar-refractivity contribution is 0.0953. The van der Waals surface area contributed by atoms with Gasteiger partial charge in [0.2, 0.25) is 0 Å². The van der Waals surface area contributed by atoms with Gasteiger partial charge in [0.05, 0.1) is 16.1 Å². The molecule has 1 aromatic heterocycles. The van der Waals surface area contributed by atoms with Crippen LogP contribution in [0.3, 0.4) is 0 Å². The van der Waals surface area contributed by atoms with Gasteiger partial charge in [-0.25, -0.2) is 0 Å². The van der Waals surface area contributed by atoms with Gasteiger partial charge in [-0.15, -0.1) is 11.3 Å². The van der Waals surface area contributed by atoms with Gasteiger partial charge < -0.3 is 15.5 Å². The van der Waals surface area contributed by atoms with Gasteiger partial charge in [0.15, 0.2) is 0 Å². The summed E-state index contributed by atoms with van der Waals surface area (Å²) >= 11 is 1.38. The molecule has 2 heterocycles. The van der Waals surface area contributed by atoms with Crippen LogP contribution in [0.15, 0.2) is 66.0 Å². The van der Waals surface area contributed by atoms with E-state index in [-0.39, 0.29) is 11.8 Å². The first-order valence-electron chi connectivity index (χ1n) is 11.9. The summed E-state index contributed by atoms with van der Waals surface area (Å²) in [7, 11) is 0. The third-order valence-corrected chi connectivity index (χ3v) is 6.96. The molecule has 3 aromatic rings. The van der Waals surface area contributed by atoms with Crippen LogP contribution in [0.2, 0.25) is 0 Å². The molecular weight excluding hydrogens is 444 g/mol. The van der Waals surface area contributed by atoms with E-state index in [0.717, 1.165) is 45.6 Å². The molecule has 4 rings (SSSR count). The number of thiophene rings is 1. The summed E-state index contributed by atoms with van der Waals surface area (Å²) in [4.78, 5) is 30.7. The average Bonchev–Trinajstić information content (AvgIpc) is 3.40. The number of carbonyl (C=O) groups is 2. The van der Waals surface area contributed by atoms with Crippen molar-refractivity contribution in [3.63, 3.8) is 0 Å². The SMILES string of the molecule is Cc1cccc(N2CCN(CCCCNC(=O)c3ccccc3NC(=O)c3cccs3)CC2)c1. The van der Waals surface area contributed by atoms with Crippen molar-refractivity contribution in [3.05, 3.63) is 82.0 Å². The van der Waals surface area contributed by atoms with Crippen molar-refractivity contribution in [3.8, 4) is 0 Å². The minimum Gasteiger partial charge on any atom is -0.369 e. The lowest BCUT2D eigenvalue weighted by atomic mass is 10.1. The molecule has 0 atom stereocenters. The third kappa shape index (κ3) is 6.46. The second-order valence-corrected chi connectivity index (χ2v) is 9.56. The Morgan fingerprint density at radius 3 is 2.50 bits per heavy atom. The van der Waals surface area contributed by atoms with Gasteiger partial charge in [-0.3, -0.25) is 14.5 Å². The van der Waals surface area contributed by atoms with Crippen LogP contribution in [0.25, 0.3) is 0 Å². The molecule has 0 saturated carbocycles. The Kier molecular flexibility index (Phi) is 8.33. The number of amides is 2. The Labute approximate surface area is 205 Å². The highest BCUT2D eigenvalue weighted by molar-refractivity contribution is 7.12. The number of anilines is 2. The van der Waals surface area contributed by atoms with Crippen molar-refractivity contribution < 1.29 is 9.59 Å². The fourth-order valence-electron chi connectivity index (χ4n) is 4.19. The van der Waals surface area contributed by atoms with Gasteiger partial charge in [-0.1, -0.05) is 30.3 Å².